The second kappa shape index (κ2) is 10.9. The molecular weight excluding hydrogens is 496 g/mol. The molecule has 4 aromatic rings. The number of aromatic nitrogens is 7. The number of anilines is 2. The van der Waals surface area contributed by atoms with Gasteiger partial charge in [0, 0.05) is 44.6 Å². The number of hydrogen-bond acceptors (Lipinski definition) is 9. The van der Waals surface area contributed by atoms with E-state index in [1.165, 1.54) is 0 Å². The van der Waals surface area contributed by atoms with Crippen LogP contribution in [0, 0.1) is 0 Å². The molecule has 0 spiro atoms. The van der Waals surface area contributed by atoms with Crippen LogP contribution in [0.4, 0.5) is 11.6 Å². The summed E-state index contributed by atoms with van der Waals surface area (Å²) < 4.78 is 3.40. The van der Waals surface area contributed by atoms with Crippen LogP contribution in [0.5, 0.6) is 0 Å². The predicted molar refractivity (Wildman–Crippen MR) is 146 cm³/mol. The maximum Gasteiger partial charge on any atom is 0.273 e. The smallest absolute Gasteiger partial charge is 0.273 e. The van der Waals surface area contributed by atoms with Gasteiger partial charge in [-0.3, -0.25) is 14.4 Å². The molecule has 39 heavy (non-hydrogen) atoms. The number of carbonyl (C=O) groups excluding carboxylic acids is 1. The lowest BCUT2D eigenvalue weighted by Crippen LogP contribution is -2.38. The van der Waals surface area contributed by atoms with E-state index in [-0.39, 0.29) is 29.8 Å². The van der Waals surface area contributed by atoms with E-state index in [1.54, 1.807) is 28.0 Å². The summed E-state index contributed by atoms with van der Waals surface area (Å²) in [5.74, 6) is 0.205. The highest BCUT2D eigenvalue weighted by molar-refractivity contribution is 5.92. The molecule has 12 nitrogen and oxygen atoms in total. The van der Waals surface area contributed by atoms with Gasteiger partial charge in [0.15, 0.2) is 5.69 Å². The average molecular weight is 531 g/mol. The predicted octanol–water partition coefficient (Wildman–Crippen LogP) is 2.29. The molecule has 0 fully saturated rings. The molecule has 1 aliphatic rings. The minimum Gasteiger partial charge on any atom is -0.395 e. The minimum atomic E-state index is -0.279. The number of rotatable bonds is 7. The molecule has 0 saturated carbocycles. The van der Waals surface area contributed by atoms with E-state index in [4.69, 9.17) is 4.98 Å². The highest BCUT2D eigenvalue weighted by Gasteiger charge is 2.27. The maximum absolute atomic E-state index is 13.2. The molecule has 204 valence electrons. The van der Waals surface area contributed by atoms with Crippen molar-refractivity contribution in [3.63, 3.8) is 0 Å². The minimum absolute atomic E-state index is 0.0514. The first-order valence-corrected chi connectivity index (χ1v) is 13.0. The fraction of sp³-hybridized carbons (Fsp3) is 0.407. The molecule has 12 heteroatoms. The molecule has 3 aromatic heterocycles. The molecule has 1 atom stereocenters. The average Bonchev–Trinajstić information content (AvgIpc) is 3.53. The molecule has 1 amide bonds. The monoisotopic (exact) mass is 530 g/mol. The fourth-order valence-electron chi connectivity index (χ4n) is 4.64. The van der Waals surface area contributed by atoms with Gasteiger partial charge in [-0.2, -0.15) is 5.10 Å². The number of fused-ring (bicyclic) bond motifs is 1. The highest BCUT2D eigenvalue weighted by Crippen LogP contribution is 2.29. The number of amides is 1. The third-order valence-corrected chi connectivity index (χ3v) is 6.70. The number of hydrogen-bond donors (Lipinski definition) is 3. The van der Waals surface area contributed by atoms with Crippen molar-refractivity contribution in [2.45, 2.75) is 38.8 Å². The number of β-amino-alcohol motifs (C(OH)–C–C–N with tert-alkyl or cyclic N) is 1. The summed E-state index contributed by atoms with van der Waals surface area (Å²) in [4.78, 5) is 24.4. The summed E-state index contributed by atoms with van der Waals surface area (Å²) >= 11 is 0. The highest BCUT2D eigenvalue weighted by atomic mass is 16.3. The van der Waals surface area contributed by atoms with Gasteiger partial charge >= 0.3 is 0 Å². The van der Waals surface area contributed by atoms with Crippen molar-refractivity contribution >= 4 is 17.5 Å². The number of aryl methyl sites for hydroxylation is 1. The van der Waals surface area contributed by atoms with Crippen LogP contribution in [0.2, 0.25) is 0 Å². The molecule has 0 radical (unpaired) electrons. The van der Waals surface area contributed by atoms with Crippen molar-refractivity contribution in [3.05, 3.63) is 65.9 Å². The van der Waals surface area contributed by atoms with Gasteiger partial charge in [-0.05, 0) is 50.5 Å². The zero-order chi connectivity index (χ0) is 27.6. The van der Waals surface area contributed by atoms with Crippen molar-refractivity contribution in [1.82, 2.24) is 45.0 Å². The fourth-order valence-corrected chi connectivity index (χ4v) is 4.64. The topological polar surface area (TPSA) is 139 Å². The second-order valence-electron chi connectivity index (χ2n) is 10.7. The van der Waals surface area contributed by atoms with E-state index in [0.29, 0.717) is 19.0 Å². The molecular formula is C27H34N10O2. The van der Waals surface area contributed by atoms with Crippen molar-refractivity contribution in [1.29, 1.82) is 0 Å². The van der Waals surface area contributed by atoms with Crippen LogP contribution in [0.1, 0.15) is 48.4 Å². The van der Waals surface area contributed by atoms with Crippen LogP contribution in [-0.4, -0.2) is 76.9 Å². The van der Waals surface area contributed by atoms with Crippen LogP contribution in [0.15, 0.2) is 49.1 Å². The molecule has 4 heterocycles. The number of benzene rings is 1. The largest absolute Gasteiger partial charge is 0.395 e. The summed E-state index contributed by atoms with van der Waals surface area (Å²) in [6.45, 7) is 7.94. The van der Waals surface area contributed by atoms with Crippen molar-refractivity contribution in [3.8, 4) is 11.3 Å². The lowest BCUT2D eigenvalue weighted by atomic mass is 9.96. The van der Waals surface area contributed by atoms with Crippen LogP contribution in [-0.2, 0) is 19.0 Å². The van der Waals surface area contributed by atoms with Gasteiger partial charge in [0.1, 0.15) is 0 Å². The van der Waals surface area contributed by atoms with E-state index in [1.807, 2.05) is 46.1 Å². The second-order valence-corrected chi connectivity index (χ2v) is 10.7. The molecule has 0 bridgehead atoms. The zero-order valence-corrected chi connectivity index (χ0v) is 22.7. The Morgan fingerprint density at radius 2 is 2.05 bits per heavy atom. The summed E-state index contributed by atoms with van der Waals surface area (Å²) in [6.07, 6.45) is 7.75. The summed E-state index contributed by atoms with van der Waals surface area (Å²) in [6, 6.07) is 7.81. The SMILES string of the molecule is Cn1cc(Nc2nccc(-c3ccc4c(c3)CCN(CCO)CC4NC(=O)c3cn(C(C)(C)C)nn3)n2)cn1. The third kappa shape index (κ3) is 6.13. The van der Waals surface area contributed by atoms with Crippen LogP contribution >= 0.6 is 0 Å². The Balaban J connectivity index is 1.41. The number of carbonyl (C=O) groups is 1. The van der Waals surface area contributed by atoms with Crippen LogP contribution in [0.3, 0.4) is 0 Å². The van der Waals surface area contributed by atoms with E-state index < -0.39 is 0 Å². The Morgan fingerprint density at radius 1 is 1.21 bits per heavy atom. The first-order valence-electron chi connectivity index (χ1n) is 13.0. The molecule has 3 N–H and O–H groups in total. The van der Waals surface area contributed by atoms with Crippen molar-refractivity contribution in [2.24, 2.45) is 7.05 Å². The van der Waals surface area contributed by atoms with Gasteiger partial charge < -0.3 is 15.7 Å². The molecule has 0 aliphatic carbocycles. The first kappa shape index (κ1) is 26.4. The van der Waals surface area contributed by atoms with E-state index in [2.05, 4.69) is 48.1 Å². The Kier molecular flexibility index (Phi) is 7.40. The Bertz CT molecular complexity index is 1450. The van der Waals surface area contributed by atoms with Gasteiger partial charge in [0.05, 0.1) is 42.0 Å². The standard InChI is InChI=1S/C27H34N10O2/c1-27(2,3)37-17-24(33-34-37)25(39)31-23-16-36(11-12-38)10-8-18-13-19(5-6-21(18)23)22-7-9-28-26(32-22)30-20-14-29-35(4)15-20/h5-7,9,13-15,17,23,38H,8,10-12,16H2,1-4H3,(H,31,39)(H,28,30,32). The van der Waals surface area contributed by atoms with E-state index in [9.17, 15) is 9.90 Å². The lowest BCUT2D eigenvalue weighted by molar-refractivity contribution is 0.0917. The van der Waals surface area contributed by atoms with Gasteiger partial charge in [-0.1, -0.05) is 17.3 Å². The number of nitrogens with zero attached hydrogens (tertiary/aromatic N) is 8. The molecule has 1 unspecified atom stereocenters. The van der Waals surface area contributed by atoms with E-state index in [0.717, 1.165) is 41.0 Å². The molecule has 1 aromatic carbocycles. The van der Waals surface area contributed by atoms with Crippen molar-refractivity contribution in [2.75, 3.05) is 31.6 Å². The van der Waals surface area contributed by atoms with Crippen LogP contribution in [0.25, 0.3) is 11.3 Å². The third-order valence-electron chi connectivity index (χ3n) is 6.70. The van der Waals surface area contributed by atoms with E-state index >= 15 is 0 Å². The Morgan fingerprint density at radius 3 is 2.77 bits per heavy atom. The Labute approximate surface area is 227 Å². The lowest BCUT2D eigenvalue weighted by Gasteiger charge is -2.25. The number of aliphatic hydroxyl groups excluding tert-OH is 1. The van der Waals surface area contributed by atoms with Gasteiger partial charge in [0.25, 0.3) is 5.91 Å². The summed E-state index contributed by atoms with van der Waals surface area (Å²) in [7, 11) is 1.85. The normalized spacial score (nSPS) is 16.0. The molecule has 5 rings (SSSR count). The summed E-state index contributed by atoms with van der Waals surface area (Å²) in [5.41, 5.74) is 4.71. The maximum atomic E-state index is 13.2. The van der Waals surface area contributed by atoms with Gasteiger partial charge in [-0.25, -0.2) is 14.6 Å². The summed E-state index contributed by atoms with van der Waals surface area (Å²) in [5, 5.41) is 28.3. The van der Waals surface area contributed by atoms with Crippen LogP contribution < -0.4 is 10.6 Å². The molecule has 1 aliphatic heterocycles. The quantitative estimate of drug-likeness (QED) is 0.328. The van der Waals surface area contributed by atoms with Gasteiger partial charge in [-0.15, -0.1) is 5.10 Å². The molecule has 0 saturated heterocycles. The number of nitrogens with one attached hydrogen (secondary N) is 2. The zero-order valence-electron chi connectivity index (χ0n) is 22.7. The van der Waals surface area contributed by atoms with Gasteiger partial charge in [0.2, 0.25) is 5.95 Å². The Hall–Kier alpha value is -4.16. The first-order chi connectivity index (χ1) is 18.7. The number of aliphatic hydroxyl groups is 1. The van der Waals surface area contributed by atoms with Crippen molar-refractivity contribution < 1.29 is 9.90 Å².